The fourth-order valence-corrected chi connectivity index (χ4v) is 2.43. The lowest BCUT2D eigenvalue weighted by molar-refractivity contribution is 0.160. The molecule has 0 radical (unpaired) electrons. The summed E-state index contributed by atoms with van der Waals surface area (Å²) in [5.74, 6) is 0.913. The van der Waals surface area contributed by atoms with Crippen molar-refractivity contribution in [3.63, 3.8) is 0 Å². The molecule has 0 spiro atoms. The molecule has 0 amide bonds. The second kappa shape index (κ2) is 7.19. The molecule has 4 nitrogen and oxygen atoms in total. The van der Waals surface area contributed by atoms with E-state index in [-0.39, 0.29) is 11.9 Å². The first-order chi connectivity index (χ1) is 11.6. The van der Waals surface area contributed by atoms with Crippen molar-refractivity contribution in [2.75, 3.05) is 5.32 Å². The zero-order valence-electron chi connectivity index (χ0n) is 13.2. The summed E-state index contributed by atoms with van der Waals surface area (Å²) in [6.07, 6.45) is 0.898. The molecule has 0 saturated heterocycles. The minimum Gasteiger partial charge on any atom is -0.386 e. The molecule has 0 aliphatic rings. The van der Waals surface area contributed by atoms with E-state index in [1.165, 1.54) is 12.1 Å². The number of hydrogen-bond acceptors (Lipinski definition) is 4. The Morgan fingerprint density at radius 1 is 1.00 bits per heavy atom. The van der Waals surface area contributed by atoms with Crippen molar-refractivity contribution < 1.29 is 9.50 Å². The van der Waals surface area contributed by atoms with Crippen LogP contribution in [0.2, 0.25) is 0 Å². The fourth-order valence-electron chi connectivity index (χ4n) is 2.43. The van der Waals surface area contributed by atoms with E-state index in [0.29, 0.717) is 17.2 Å². The van der Waals surface area contributed by atoms with Gasteiger partial charge in [0.25, 0.3) is 0 Å². The Morgan fingerprint density at radius 2 is 1.71 bits per heavy atom. The number of aliphatic hydroxyl groups is 1. The van der Waals surface area contributed by atoms with Crippen LogP contribution in [0.1, 0.15) is 18.6 Å². The maximum atomic E-state index is 13.0. The van der Waals surface area contributed by atoms with Gasteiger partial charge in [-0.25, -0.2) is 14.4 Å². The molecule has 2 aromatic carbocycles. The first kappa shape index (κ1) is 16.1. The van der Waals surface area contributed by atoms with E-state index < -0.39 is 6.10 Å². The van der Waals surface area contributed by atoms with E-state index >= 15 is 0 Å². The lowest BCUT2D eigenvalue weighted by Crippen LogP contribution is -2.24. The second-order valence-electron chi connectivity index (χ2n) is 5.56. The molecular formula is C19H18FN3O. The normalized spacial score (nSPS) is 13.3. The summed E-state index contributed by atoms with van der Waals surface area (Å²) in [5.41, 5.74) is 1.57. The fraction of sp³-hybridized carbons (Fsp3) is 0.158. The van der Waals surface area contributed by atoms with Gasteiger partial charge in [-0.05, 0) is 30.7 Å². The molecule has 0 bridgehead atoms. The van der Waals surface area contributed by atoms with Crippen molar-refractivity contribution >= 4 is 5.82 Å². The highest BCUT2D eigenvalue weighted by Crippen LogP contribution is 2.21. The van der Waals surface area contributed by atoms with Gasteiger partial charge in [-0.3, -0.25) is 0 Å². The zero-order valence-corrected chi connectivity index (χ0v) is 13.2. The Morgan fingerprint density at radius 3 is 2.42 bits per heavy atom. The van der Waals surface area contributed by atoms with Crippen molar-refractivity contribution in [1.82, 2.24) is 9.97 Å². The number of aliphatic hydroxyl groups excluding tert-OH is 1. The molecule has 24 heavy (non-hydrogen) atoms. The minimum atomic E-state index is -0.777. The van der Waals surface area contributed by atoms with Crippen LogP contribution in [-0.4, -0.2) is 21.1 Å². The Bertz CT molecular complexity index is 793. The van der Waals surface area contributed by atoms with Gasteiger partial charge in [0, 0.05) is 11.8 Å². The molecule has 2 atom stereocenters. The van der Waals surface area contributed by atoms with Crippen molar-refractivity contribution in [2.24, 2.45) is 0 Å². The number of anilines is 1. The van der Waals surface area contributed by atoms with Crippen LogP contribution < -0.4 is 5.32 Å². The summed E-state index contributed by atoms with van der Waals surface area (Å²) < 4.78 is 13.0. The summed E-state index contributed by atoms with van der Waals surface area (Å²) in [6, 6.07) is 17.0. The number of hydrogen-bond donors (Lipinski definition) is 2. The lowest BCUT2D eigenvalue weighted by atomic mass is 10.0. The molecular weight excluding hydrogens is 305 g/mol. The molecule has 5 heteroatoms. The number of nitrogens with zero attached hydrogens (tertiary/aromatic N) is 2. The monoisotopic (exact) mass is 323 g/mol. The van der Waals surface area contributed by atoms with Crippen molar-refractivity contribution in [1.29, 1.82) is 0 Å². The highest BCUT2D eigenvalue weighted by molar-refractivity contribution is 5.56. The summed E-state index contributed by atoms with van der Waals surface area (Å²) in [7, 11) is 0. The number of aromatic nitrogens is 2. The largest absolute Gasteiger partial charge is 0.386 e. The first-order valence-electron chi connectivity index (χ1n) is 7.72. The Hall–Kier alpha value is -2.79. The standard InChI is InChI=1S/C19H18FN3O/c1-13(18(24)14-7-9-16(20)10-8-14)22-17-11-12-21-19(23-17)15-5-3-2-4-6-15/h2-13,18,24H,1H3,(H,21,22,23)/t13-,18-/m1/s1. The molecule has 1 aromatic heterocycles. The van der Waals surface area contributed by atoms with Gasteiger partial charge in [0.15, 0.2) is 5.82 Å². The Labute approximate surface area is 140 Å². The third-order valence-electron chi connectivity index (χ3n) is 3.75. The lowest BCUT2D eigenvalue weighted by Gasteiger charge is -2.21. The molecule has 0 aliphatic carbocycles. The summed E-state index contributed by atoms with van der Waals surface area (Å²) in [5, 5.41) is 13.6. The molecule has 122 valence electrons. The van der Waals surface area contributed by atoms with Crippen molar-refractivity contribution in [3.05, 3.63) is 78.2 Å². The van der Waals surface area contributed by atoms with Gasteiger partial charge in [-0.15, -0.1) is 0 Å². The van der Waals surface area contributed by atoms with Crippen LogP contribution in [0.25, 0.3) is 11.4 Å². The van der Waals surface area contributed by atoms with Crippen LogP contribution in [0, 0.1) is 5.82 Å². The van der Waals surface area contributed by atoms with Crippen molar-refractivity contribution in [3.8, 4) is 11.4 Å². The number of nitrogens with one attached hydrogen (secondary N) is 1. The molecule has 0 unspecified atom stereocenters. The van der Waals surface area contributed by atoms with Gasteiger partial charge in [-0.2, -0.15) is 0 Å². The molecule has 0 aliphatic heterocycles. The smallest absolute Gasteiger partial charge is 0.161 e. The van der Waals surface area contributed by atoms with Crippen LogP contribution in [-0.2, 0) is 0 Å². The van der Waals surface area contributed by atoms with Gasteiger partial charge < -0.3 is 10.4 Å². The first-order valence-corrected chi connectivity index (χ1v) is 7.72. The quantitative estimate of drug-likeness (QED) is 0.749. The maximum absolute atomic E-state index is 13.0. The maximum Gasteiger partial charge on any atom is 0.161 e. The average molecular weight is 323 g/mol. The second-order valence-corrected chi connectivity index (χ2v) is 5.56. The topological polar surface area (TPSA) is 58.0 Å². The van der Waals surface area contributed by atoms with E-state index in [2.05, 4.69) is 15.3 Å². The van der Waals surface area contributed by atoms with Crippen molar-refractivity contribution in [2.45, 2.75) is 19.1 Å². The van der Waals surface area contributed by atoms with Gasteiger partial charge in [0.2, 0.25) is 0 Å². The van der Waals surface area contributed by atoms with Gasteiger partial charge in [0.1, 0.15) is 11.6 Å². The van der Waals surface area contributed by atoms with Crippen LogP contribution in [0.15, 0.2) is 66.9 Å². The Kier molecular flexibility index (Phi) is 4.82. The number of rotatable bonds is 5. The zero-order chi connectivity index (χ0) is 16.9. The molecule has 0 saturated carbocycles. The minimum absolute atomic E-state index is 0.297. The highest BCUT2D eigenvalue weighted by Gasteiger charge is 2.17. The van der Waals surface area contributed by atoms with Crippen LogP contribution in [0.5, 0.6) is 0 Å². The summed E-state index contributed by atoms with van der Waals surface area (Å²) in [6.45, 7) is 1.85. The number of halogens is 1. The average Bonchev–Trinajstić information content (AvgIpc) is 2.63. The molecule has 2 N–H and O–H groups in total. The van der Waals surface area contributed by atoms with Gasteiger partial charge in [-0.1, -0.05) is 42.5 Å². The highest BCUT2D eigenvalue weighted by atomic mass is 19.1. The van der Waals surface area contributed by atoms with E-state index in [4.69, 9.17) is 0 Å². The Balaban J connectivity index is 1.74. The summed E-state index contributed by atoms with van der Waals surface area (Å²) in [4.78, 5) is 8.75. The van der Waals surface area contributed by atoms with E-state index in [0.717, 1.165) is 5.56 Å². The van der Waals surface area contributed by atoms with Crippen LogP contribution in [0.4, 0.5) is 10.2 Å². The molecule has 1 heterocycles. The molecule has 0 fully saturated rings. The molecule has 3 aromatic rings. The predicted octanol–water partition coefficient (Wildman–Crippen LogP) is 3.82. The van der Waals surface area contributed by atoms with Crippen LogP contribution >= 0.6 is 0 Å². The van der Waals surface area contributed by atoms with E-state index in [1.807, 2.05) is 37.3 Å². The third-order valence-corrected chi connectivity index (χ3v) is 3.75. The SMILES string of the molecule is C[C@@H](Nc1ccnc(-c2ccccc2)n1)[C@@H](O)c1ccc(F)cc1. The van der Waals surface area contributed by atoms with E-state index in [1.54, 1.807) is 24.4 Å². The van der Waals surface area contributed by atoms with Gasteiger partial charge in [0.05, 0.1) is 12.1 Å². The number of benzene rings is 2. The van der Waals surface area contributed by atoms with Gasteiger partial charge >= 0.3 is 0 Å². The molecule has 3 rings (SSSR count). The van der Waals surface area contributed by atoms with Crippen LogP contribution in [0.3, 0.4) is 0 Å². The predicted molar refractivity (Wildman–Crippen MR) is 91.9 cm³/mol. The third kappa shape index (κ3) is 3.75. The van der Waals surface area contributed by atoms with E-state index in [9.17, 15) is 9.50 Å². The summed E-state index contributed by atoms with van der Waals surface area (Å²) >= 11 is 0.